The zero-order chi connectivity index (χ0) is 25.9. The smallest absolute Gasteiger partial charge is 0.328 e. The van der Waals surface area contributed by atoms with Crippen molar-refractivity contribution in [3.8, 4) is 0 Å². The second-order valence-electron chi connectivity index (χ2n) is 10.2. The number of nitro benzene ring substituents is 1. The van der Waals surface area contributed by atoms with E-state index in [0.29, 0.717) is 18.9 Å². The van der Waals surface area contributed by atoms with Crippen LogP contribution in [-0.4, -0.2) is 74.1 Å². The number of nitrogens with one attached hydrogen (secondary N) is 1. The number of nitro groups is 1. The molecule has 3 amide bonds. The Bertz CT molecular complexity index is 1150. The Morgan fingerprint density at radius 1 is 0.892 bits per heavy atom. The van der Waals surface area contributed by atoms with E-state index in [1.165, 1.54) is 5.69 Å². The van der Waals surface area contributed by atoms with Gasteiger partial charge in [-0.15, -0.1) is 0 Å². The monoisotopic (exact) mass is 506 g/mol. The van der Waals surface area contributed by atoms with Gasteiger partial charge in [0.05, 0.1) is 4.92 Å². The number of carbonyl (C=O) groups is 2. The second kappa shape index (κ2) is 10.8. The van der Waals surface area contributed by atoms with E-state index >= 15 is 0 Å². The third-order valence-corrected chi connectivity index (χ3v) is 7.82. The summed E-state index contributed by atoms with van der Waals surface area (Å²) in [6.45, 7) is 9.51. The normalized spacial score (nSPS) is 19.8. The largest absolute Gasteiger partial charge is 0.372 e. The molecule has 0 saturated carbocycles. The summed E-state index contributed by atoms with van der Waals surface area (Å²) in [6, 6.07) is 12.7. The summed E-state index contributed by atoms with van der Waals surface area (Å²) in [5, 5.41) is 13.3. The Hall–Kier alpha value is -3.66. The molecule has 2 aromatic carbocycles. The molecule has 0 spiro atoms. The number of benzene rings is 2. The fourth-order valence-corrected chi connectivity index (χ4v) is 5.65. The lowest BCUT2D eigenvalue weighted by atomic mass is 9.95. The van der Waals surface area contributed by atoms with Crippen LogP contribution in [0.15, 0.2) is 42.5 Å². The number of piperidine rings is 1. The van der Waals surface area contributed by atoms with Crippen molar-refractivity contribution in [2.45, 2.75) is 26.2 Å². The zero-order valence-electron chi connectivity index (χ0n) is 21.3. The molecule has 0 aromatic heterocycles. The number of amides is 3. The first-order chi connectivity index (χ1) is 17.9. The van der Waals surface area contributed by atoms with Crippen LogP contribution in [0.4, 0.5) is 27.5 Å². The quantitative estimate of drug-likeness (QED) is 0.473. The highest BCUT2D eigenvalue weighted by Gasteiger charge is 2.27. The van der Waals surface area contributed by atoms with Crippen molar-refractivity contribution in [3.05, 3.63) is 58.1 Å². The number of piperazine rings is 1. The minimum Gasteiger partial charge on any atom is -0.372 e. The minimum absolute atomic E-state index is 0.135. The maximum Gasteiger partial charge on any atom is 0.328 e. The first kappa shape index (κ1) is 25.0. The van der Waals surface area contributed by atoms with Gasteiger partial charge in [0.15, 0.2) is 0 Å². The van der Waals surface area contributed by atoms with Gasteiger partial charge in [-0.1, -0.05) is 0 Å². The molecule has 3 aliphatic rings. The molecule has 3 aliphatic heterocycles. The van der Waals surface area contributed by atoms with E-state index in [2.05, 4.69) is 32.1 Å². The van der Waals surface area contributed by atoms with Gasteiger partial charge in [-0.2, -0.15) is 0 Å². The SMILES string of the molecule is Cc1cc(N2CCN(CC3CCN(c4ccc([N+](=O)[O-])cc4)CC3)CC2)ccc1N1CCC(=O)NC1=O. The van der Waals surface area contributed by atoms with Crippen molar-refractivity contribution in [1.29, 1.82) is 0 Å². The Labute approximate surface area is 217 Å². The van der Waals surface area contributed by atoms with Crippen LogP contribution in [0.25, 0.3) is 0 Å². The van der Waals surface area contributed by atoms with Gasteiger partial charge in [-0.05, 0) is 61.6 Å². The molecule has 1 N–H and O–H groups in total. The number of hydrogen-bond donors (Lipinski definition) is 1. The number of imide groups is 1. The Morgan fingerprint density at radius 2 is 1.54 bits per heavy atom. The summed E-state index contributed by atoms with van der Waals surface area (Å²) in [5.74, 6) is 0.452. The van der Waals surface area contributed by atoms with E-state index in [0.717, 1.165) is 75.6 Å². The van der Waals surface area contributed by atoms with Gasteiger partial charge in [0.1, 0.15) is 0 Å². The number of carbonyl (C=O) groups excluding carboxylic acids is 2. The first-order valence-corrected chi connectivity index (χ1v) is 13.1. The summed E-state index contributed by atoms with van der Waals surface area (Å²) >= 11 is 0. The van der Waals surface area contributed by atoms with Gasteiger partial charge in [0.25, 0.3) is 5.69 Å². The van der Waals surface area contributed by atoms with Crippen molar-refractivity contribution in [2.75, 3.05) is 67.1 Å². The van der Waals surface area contributed by atoms with Crippen LogP contribution in [0.5, 0.6) is 0 Å². The van der Waals surface area contributed by atoms with Gasteiger partial charge in [-0.3, -0.25) is 30.0 Å². The number of nitrogens with zero attached hydrogens (tertiary/aromatic N) is 5. The molecule has 0 aliphatic carbocycles. The zero-order valence-corrected chi connectivity index (χ0v) is 21.3. The second-order valence-corrected chi connectivity index (χ2v) is 10.2. The highest BCUT2D eigenvalue weighted by molar-refractivity contribution is 6.06. The summed E-state index contributed by atoms with van der Waals surface area (Å²) in [4.78, 5) is 43.2. The predicted octanol–water partition coefficient (Wildman–Crippen LogP) is 3.39. The van der Waals surface area contributed by atoms with E-state index in [4.69, 9.17) is 0 Å². The van der Waals surface area contributed by atoms with Gasteiger partial charge in [0, 0.05) is 88.0 Å². The first-order valence-electron chi connectivity index (χ1n) is 13.1. The molecule has 196 valence electrons. The van der Waals surface area contributed by atoms with Crippen LogP contribution >= 0.6 is 0 Å². The Balaban J connectivity index is 1.09. The summed E-state index contributed by atoms with van der Waals surface area (Å²) in [7, 11) is 0. The molecule has 3 heterocycles. The van der Waals surface area contributed by atoms with E-state index in [1.54, 1.807) is 17.0 Å². The summed E-state index contributed by atoms with van der Waals surface area (Å²) in [5.41, 5.74) is 4.26. The van der Waals surface area contributed by atoms with Gasteiger partial charge >= 0.3 is 6.03 Å². The third kappa shape index (κ3) is 5.69. The number of non-ortho nitro benzene ring substituents is 1. The van der Waals surface area contributed by atoms with E-state index in [9.17, 15) is 19.7 Å². The number of aryl methyl sites for hydroxylation is 1. The Kier molecular flexibility index (Phi) is 7.27. The van der Waals surface area contributed by atoms with Crippen molar-refractivity contribution in [1.82, 2.24) is 10.2 Å². The van der Waals surface area contributed by atoms with Gasteiger partial charge < -0.3 is 9.80 Å². The molecule has 10 nitrogen and oxygen atoms in total. The van der Waals surface area contributed by atoms with Crippen molar-refractivity contribution in [3.63, 3.8) is 0 Å². The molecule has 0 atom stereocenters. The molecule has 0 bridgehead atoms. The topological polar surface area (TPSA) is 102 Å². The molecular formula is C27H34N6O4. The lowest BCUT2D eigenvalue weighted by molar-refractivity contribution is -0.384. The lowest BCUT2D eigenvalue weighted by Crippen LogP contribution is -2.50. The molecule has 0 radical (unpaired) electrons. The van der Waals surface area contributed by atoms with Gasteiger partial charge in [0.2, 0.25) is 5.91 Å². The van der Waals surface area contributed by atoms with Gasteiger partial charge in [-0.25, -0.2) is 4.79 Å². The lowest BCUT2D eigenvalue weighted by Gasteiger charge is -2.40. The van der Waals surface area contributed by atoms with Crippen LogP contribution in [-0.2, 0) is 4.79 Å². The molecule has 3 saturated heterocycles. The molecule has 37 heavy (non-hydrogen) atoms. The minimum atomic E-state index is -0.356. The van der Waals surface area contributed by atoms with E-state index < -0.39 is 0 Å². The summed E-state index contributed by atoms with van der Waals surface area (Å²) < 4.78 is 0. The standard InChI is InChI=1S/C27H34N6O4/c1-20-18-24(6-7-25(20)32-13-10-26(34)28-27(32)35)31-16-14-29(15-17-31)19-21-8-11-30(12-9-21)22-2-4-23(5-3-22)33(36)37/h2-7,18,21H,8-17,19H2,1H3,(H,28,34,35). The molecule has 5 rings (SSSR count). The fraction of sp³-hybridized carbons (Fsp3) is 0.481. The van der Waals surface area contributed by atoms with Crippen molar-refractivity contribution >= 4 is 34.7 Å². The average Bonchev–Trinajstić information content (AvgIpc) is 2.90. The highest BCUT2D eigenvalue weighted by Crippen LogP contribution is 2.29. The molecule has 3 fully saturated rings. The van der Waals surface area contributed by atoms with Crippen LogP contribution in [0.1, 0.15) is 24.8 Å². The number of rotatable bonds is 6. The summed E-state index contributed by atoms with van der Waals surface area (Å²) in [6.07, 6.45) is 2.59. The highest BCUT2D eigenvalue weighted by atomic mass is 16.6. The fourth-order valence-electron chi connectivity index (χ4n) is 5.65. The third-order valence-electron chi connectivity index (χ3n) is 7.82. The molecule has 2 aromatic rings. The predicted molar refractivity (Wildman–Crippen MR) is 143 cm³/mol. The van der Waals surface area contributed by atoms with Crippen LogP contribution in [0.2, 0.25) is 0 Å². The van der Waals surface area contributed by atoms with Crippen molar-refractivity contribution < 1.29 is 14.5 Å². The number of hydrogen-bond acceptors (Lipinski definition) is 7. The van der Waals surface area contributed by atoms with E-state index in [-0.39, 0.29) is 22.5 Å². The van der Waals surface area contributed by atoms with Crippen LogP contribution in [0.3, 0.4) is 0 Å². The molecule has 10 heteroatoms. The molecular weight excluding hydrogens is 472 g/mol. The van der Waals surface area contributed by atoms with Crippen LogP contribution in [0, 0.1) is 23.0 Å². The maximum absolute atomic E-state index is 12.2. The Morgan fingerprint density at radius 3 is 2.16 bits per heavy atom. The maximum atomic E-state index is 12.2. The molecule has 0 unspecified atom stereocenters. The van der Waals surface area contributed by atoms with Crippen LogP contribution < -0.4 is 20.0 Å². The average molecular weight is 507 g/mol. The number of anilines is 3. The van der Waals surface area contributed by atoms with E-state index in [1.807, 2.05) is 25.1 Å². The number of urea groups is 1. The van der Waals surface area contributed by atoms with Crippen molar-refractivity contribution in [2.24, 2.45) is 5.92 Å².